The van der Waals surface area contributed by atoms with Gasteiger partial charge in [-0.05, 0) is 23.1 Å². The molecule has 0 aliphatic heterocycles. The Morgan fingerprint density at radius 2 is 1.44 bits per heavy atom. The van der Waals surface area contributed by atoms with E-state index in [0.29, 0.717) is 0 Å². The molecular weight excluding hydrogens is 322 g/mol. The van der Waals surface area contributed by atoms with E-state index in [1.807, 2.05) is 6.07 Å². The summed E-state index contributed by atoms with van der Waals surface area (Å²) in [5, 5.41) is 2.58. The molecule has 0 saturated carbocycles. The first kappa shape index (κ1) is 15.9. The van der Waals surface area contributed by atoms with Crippen molar-refractivity contribution in [3.05, 3.63) is 108 Å². The van der Waals surface area contributed by atoms with Crippen molar-refractivity contribution in [1.82, 2.24) is 0 Å². The molecule has 1 heterocycles. The second kappa shape index (κ2) is 7.12. The van der Waals surface area contributed by atoms with Crippen LogP contribution in [0.15, 0.2) is 96.0 Å². The Labute approximate surface area is 154 Å². The van der Waals surface area contributed by atoms with E-state index in [9.17, 15) is 0 Å². The summed E-state index contributed by atoms with van der Waals surface area (Å²) in [6.07, 6.45) is 3.07. The zero-order valence-corrected chi connectivity index (χ0v) is 14.9. The third-order valence-electron chi connectivity index (χ3n) is 4.60. The molecule has 0 spiro atoms. The quantitative estimate of drug-likeness (QED) is 0.390. The number of hydrogen-bond acceptors (Lipinski definition) is 1. The van der Waals surface area contributed by atoms with Crippen molar-refractivity contribution >= 4 is 23.4 Å². The van der Waals surface area contributed by atoms with Crippen molar-refractivity contribution in [1.29, 1.82) is 0 Å². The lowest BCUT2D eigenvalue weighted by molar-refractivity contribution is -0.693. The van der Waals surface area contributed by atoms with Crippen LogP contribution in [0.2, 0.25) is 0 Å². The molecule has 25 heavy (non-hydrogen) atoms. The van der Waals surface area contributed by atoms with Crippen LogP contribution >= 0.6 is 12.6 Å². The number of pyridine rings is 1. The molecule has 4 rings (SSSR count). The maximum Gasteiger partial charge on any atom is 0.193 e. The largest absolute Gasteiger partial charge is 0.197 e. The van der Waals surface area contributed by atoms with Gasteiger partial charge in [0.25, 0.3) is 0 Å². The second-order valence-electron chi connectivity index (χ2n) is 6.27. The summed E-state index contributed by atoms with van der Waals surface area (Å²) in [5.41, 5.74) is 3.88. The summed E-state index contributed by atoms with van der Waals surface area (Å²) >= 11 is 4.65. The van der Waals surface area contributed by atoms with Gasteiger partial charge in [0.05, 0.1) is 6.42 Å². The van der Waals surface area contributed by atoms with Crippen LogP contribution in [-0.4, -0.2) is 0 Å². The van der Waals surface area contributed by atoms with E-state index in [4.69, 9.17) is 0 Å². The van der Waals surface area contributed by atoms with Crippen molar-refractivity contribution in [2.75, 3.05) is 0 Å². The van der Waals surface area contributed by atoms with Crippen molar-refractivity contribution in [3.63, 3.8) is 0 Å². The van der Waals surface area contributed by atoms with E-state index in [2.05, 4.69) is 102 Å². The van der Waals surface area contributed by atoms with E-state index in [-0.39, 0.29) is 0 Å². The van der Waals surface area contributed by atoms with Crippen molar-refractivity contribution < 1.29 is 4.57 Å². The summed E-state index contributed by atoms with van der Waals surface area (Å²) in [6, 6.07) is 29.8. The lowest BCUT2D eigenvalue weighted by Gasteiger charge is -2.09. The van der Waals surface area contributed by atoms with Gasteiger partial charge in [0.15, 0.2) is 18.4 Å². The molecule has 0 saturated heterocycles. The molecule has 0 amide bonds. The predicted molar refractivity (Wildman–Crippen MR) is 106 cm³/mol. The normalized spacial score (nSPS) is 10.9. The van der Waals surface area contributed by atoms with E-state index in [1.165, 1.54) is 27.6 Å². The number of rotatable bonds is 4. The van der Waals surface area contributed by atoms with Crippen LogP contribution in [0.3, 0.4) is 0 Å². The molecule has 0 N–H and O–H groups in total. The number of hydrogen-bond donors (Lipinski definition) is 1. The number of thiol groups is 1. The number of nitrogens with zero attached hydrogens (tertiary/aromatic N) is 1. The van der Waals surface area contributed by atoms with Crippen LogP contribution in [0.4, 0.5) is 0 Å². The Kier molecular flexibility index (Phi) is 4.53. The lowest BCUT2D eigenvalue weighted by atomic mass is 10.0. The highest BCUT2D eigenvalue weighted by Gasteiger charge is 2.17. The van der Waals surface area contributed by atoms with Gasteiger partial charge < -0.3 is 0 Å². The Balaban J connectivity index is 1.83. The van der Waals surface area contributed by atoms with Gasteiger partial charge in [0.2, 0.25) is 0 Å². The second-order valence-corrected chi connectivity index (χ2v) is 6.75. The number of aromatic nitrogens is 1. The molecule has 0 aliphatic rings. The van der Waals surface area contributed by atoms with Crippen molar-refractivity contribution in [3.8, 4) is 0 Å². The van der Waals surface area contributed by atoms with Crippen LogP contribution in [0, 0.1) is 0 Å². The summed E-state index contributed by atoms with van der Waals surface area (Å²) < 4.78 is 2.36. The molecule has 122 valence electrons. The van der Waals surface area contributed by atoms with Crippen LogP contribution in [0.1, 0.15) is 16.8 Å². The van der Waals surface area contributed by atoms with Gasteiger partial charge in [-0.1, -0.05) is 66.7 Å². The SMILES string of the molecule is Sc1ccccc1Cc1c2ccccc2cc[n+]1Cc1ccccc1. The summed E-state index contributed by atoms with van der Waals surface area (Å²) in [7, 11) is 0. The van der Waals surface area contributed by atoms with Gasteiger partial charge in [-0.3, -0.25) is 0 Å². The van der Waals surface area contributed by atoms with E-state index in [1.54, 1.807) is 0 Å². The van der Waals surface area contributed by atoms with Crippen LogP contribution in [0.25, 0.3) is 10.8 Å². The van der Waals surface area contributed by atoms with Gasteiger partial charge in [-0.25, -0.2) is 0 Å². The first-order valence-electron chi connectivity index (χ1n) is 8.52. The van der Waals surface area contributed by atoms with E-state index >= 15 is 0 Å². The van der Waals surface area contributed by atoms with E-state index in [0.717, 1.165) is 17.9 Å². The number of fused-ring (bicyclic) bond motifs is 1. The molecule has 0 bridgehead atoms. The van der Waals surface area contributed by atoms with Crippen LogP contribution < -0.4 is 4.57 Å². The molecule has 1 nitrogen and oxygen atoms in total. The highest BCUT2D eigenvalue weighted by Crippen LogP contribution is 2.22. The van der Waals surface area contributed by atoms with Gasteiger partial charge in [0.1, 0.15) is 0 Å². The zero-order chi connectivity index (χ0) is 17.1. The minimum absolute atomic E-state index is 0.869. The summed E-state index contributed by atoms with van der Waals surface area (Å²) in [5.74, 6) is 0. The van der Waals surface area contributed by atoms with Crippen molar-refractivity contribution in [2.45, 2.75) is 17.9 Å². The Hall–Kier alpha value is -2.58. The summed E-state index contributed by atoms with van der Waals surface area (Å²) in [6.45, 7) is 0.871. The fraction of sp³-hybridized carbons (Fsp3) is 0.0870. The fourth-order valence-electron chi connectivity index (χ4n) is 3.29. The highest BCUT2D eigenvalue weighted by atomic mass is 32.1. The van der Waals surface area contributed by atoms with Crippen LogP contribution in [-0.2, 0) is 13.0 Å². The average molecular weight is 342 g/mol. The Morgan fingerprint density at radius 3 is 2.28 bits per heavy atom. The van der Waals surface area contributed by atoms with Gasteiger partial charge >= 0.3 is 0 Å². The Bertz CT molecular complexity index is 1010. The molecule has 0 aliphatic carbocycles. The van der Waals surface area contributed by atoms with Gasteiger partial charge in [0, 0.05) is 21.9 Å². The Morgan fingerprint density at radius 1 is 0.720 bits per heavy atom. The molecule has 2 heteroatoms. The fourth-order valence-corrected chi connectivity index (χ4v) is 3.53. The minimum atomic E-state index is 0.869. The maximum atomic E-state index is 4.65. The molecule has 0 unspecified atom stereocenters. The van der Waals surface area contributed by atoms with Crippen molar-refractivity contribution in [2.24, 2.45) is 0 Å². The third kappa shape index (κ3) is 3.45. The predicted octanol–water partition coefficient (Wildman–Crippen LogP) is 5.06. The third-order valence-corrected chi connectivity index (χ3v) is 5.03. The molecular formula is C23H20NS+. The number of benzene rings is 3. The zero-order valence-electron chi connectivity index (χ0n) is 14.0. The molecule has 4 aromatic rings. The minimum Gasteiger partial charge on any atom is -0.197 e. The van der Waals surface area contributed by atoms with Crippen LogP contribution in [0.5, 0.6) is 0 Å². The monoisotopic (exact) mass is 342 g/mol. The smallest absolute Gasteiger partial charge is 0.193 e. The van der Waals surface area contributed by atoms with E-state index < -0.39 is 0 Å². The molecule has 0 radical (unpaired) electrons. The first-order valence-corrected chi connectivity index (χ1v) is 8.97. The molecule has 1 aromatic heterocycles. The molecule has 3 aromatic carbocycles. The topological polar surface area (TPSA) is 3.88 Å². The highest BCUT2D eigenvalue weighted by molar-refractivity contribution is 7.80. The van der Waals surface area contributed by atoms with Gasteiger partial charge in [-0.15, -0.1) is 12.6 Å². The maximum absolute atomic E-state index is 4.65. The standard InChI is InChI=1S/C23H19NS/c25-23-13-7-5-11-20(23)16-22-21-12-6-4-10-19(21)14-15-24(22)17-18-8-2-1-3-9-18/h1-15H,16-17H2/p+1. The lowest BCUT2D eigenvalue weighted by Crippen LogP contribution is -2.39. The molecule has 0 atom stereocenters. The van der Waals surface area contributed by atoms with Gasteiger partial charge in [-0.2, -0.15) is 4.57 Å². The average Bonchev–Trinajstić information content (AvgIpc) is 2.66. The molecule has 0 fully saturated rings. The summed E-state index contributed by atoms with van der Waals surface area (Å²) in [4.78, 5) is 1.04. The first-order chi connectivity index (χ1) is 12.3.